The molecule has 1 aliphatic heterocycles. The normalized spacial score (nSPS) is 14.8. The zero-order valence-corrected chi connectivity index (χ0v) is 14.3. The van der Waals surface area contributed by atoms with Gasteiger partial charge in [-0.25, -0.2) is 4.79 Å². The lowest BCUT2D eigenvalue weighted by atomic mass is 10.0. The Morgan fingerprint density at radius 2 is 2.12 bits per heavy atom. The van der Waals surface area contributed by atoms with Gasteiger partial charge in [0.1, 0.15) is 12.4 Å². The summed E-state index contributed by atoms with van der Waals surface area (Å²) in [6.45, 7) is 4.75. The third-order valence-electron chi connectivity index (χ3n) is 3.83. The Labute approximate surface area is 146 Å². The number of likely N-dealkylation sites (tertiary alicyclic amines) is 1. The third kappa shape index (κ3) is 4.64. The summed E-state index contributed by atoms with van der Waals surface area (Å²) in [6.07, 6.45) is 2.38. The van der Waals surface area contributed by atoms with Gasteiger partial charge in [0.15, 0.2) is 0 Å². The van der Waals surface area contributed by atoms with Crippen molar-refractivity contribution in [2.24, 2.45) is 0 Å². The van der Waals surface area contributed by atoms with Gasteiger partial charge in [-0.3, -0.25) is 4.79 Å². The fourth-order valence-corrected chi connectivity index (χ4v) is 2.76. The molecule has 0 aliphatic carbocycles. The van der Waals surface area contributed by atoms with E-state index in [9.17, 15) is 9.59 Å². The number of rotatable bonds is 5. The largest absolute Gasteiger partial charge is 0.496 e. The number of halogens is 1. The maximum Gasteiger partial charge on any atom is 0.407 e. The monoisotopic (exact) mass is 352 g/mol. The topological polar surface area (TPSA) is 67.9 Å². The summed E-state index contributed by atoms with van der Waals surface area (Å²) in [5.41, 5.74) is 0.446. The Morgan fingerprint density at radius 3 is 2.75 bits per heavy atom. The van der Waals surface area contributed by atoms with Crippen LogP contribution in [0, 0.1) is 0 Å². The number of carbonyl (C=O) groups is 2. The fraction of sp³-hybridized carbons (Fsp3) is 0.412. The van der Waals surface area contributed by atoms with E-state index >= 15 is 0 Å². The summed E-state index contributed by atoms with van der Waals surface area (Å²) < 4.78 is 10.1. The van der Waals surface area contributed by atoms with Crippen molar-refractivity contribution in [1.82, 2.24) is 10.2 Å². The summed E-state index contributed by atoms with van der Waals surface area (Å²) >= 11 is 5.98. The maximum absolute atomic E-state index is 12.7. The highest BCUT2D eigenvalue weighted by molar-refractivity contribution is 6.31. The molecule has 7 heteroatoms. The minimum absolute atomic E-state index is 0.00683. The van der Waals surface area contributed by atoms with Gasteiger partial charge in [-0.1, -0.05) is 24.3 Å². The van der Waals surface area contributed by atoms with E-state index in [0.717, 1.165) is 0 Å². The van der Waals surface area contributed by atoms with E-state index in [1.54, 1.807) is 23.1 Å². The minimum atomic E-state index is -0.462. The van der Waals surface area contributed by atoms with Gasteiger partial charge in [0.05, 0.1) is 12.7 Å². The Balaban J connectivity index is 1.92. The van der Waals surface area contributed by atoms with Crippen molar-refractivity contribution >= 4 is 23.6 Å². The second kappa shape index (κ2) is 8.59. The number of amides is 2. The number of nitrogens with one attached hydrogen (secondary N) is 1. The van der Waals surface area contributed by atoms with Gasteiger partial charge in [0.2, 0.25) is 0 Å². The van der Waals surface area contributed by atoms with Crippen molar-refractivity contribution in [1.29, 1.82) is 0 Å². The van der Waals surface area contributed by atoms with Gasteiger partial charge in [-0.2, -0.15) is 0 Å². The van der Waals surface area contributed by atoms with E-state index in [2.05, 4.69) is 11.9 Å². The van der Waals surface area contributed by atoms with Crippen molar-refractivity contribution < 1.29 is 19.1 Å². The van der Waals surface area contributed by atoms with Crippen LogP contribution in [0.5, 0.6) is 5.75 Å². The van der Waals surface area contributed by atoms with Gasteiger partial charge in [-0.15, -0.1) is 0 Å². The van der Waals surface area contributed by atoms with Gasteiger partial charge in [0.25, 0.3) is 5.91 Å². The van der Waals surface area contributed by atoms with Crippen molar-refractivity contribution in [3.63, 3.8) is 0 Å². The van der Waals surface area contributed by atoms with Crippen LogP contribution in [0.1, 0.15) is 23.2 Å². The number of nitrogens with zero attached hydrogens (tertiary/aromatic N) is 1. The van der Waals surface area contributed by atoms with E-state index in [-0.39, 0.29) is 18.6 Å². The number of benzene rings is 1. The molecule has 1 fully saturated rings. The number of hydrogen-bond acceptors (Lipinski definition) is 4. The molecule has 2 amide bonds. The molecule has 0 radical (unpaired) electrons. The molecule has 1 saturated heterocycles. The van der Waals surface area contributed by atoms with Crippen LogP contribution in [0.25, 0.3) is 0 Å². The zero-order valence-electron chi connectivity index (χ0n) is 13.6. The number of piperidine rings is 1. The molecule has 1 aliphatic rings. The summed E-state index contributed by atoms with van der Waals surface area (Å²) in [7, 11) is 1.52. The van der Waals surface area contributed by atoms with Gasteiger partial charge >= 0.3 is 6.09 Å². The SMILES string of the molecule is C=CCOC(=O)NC1CCN(C(=O)c2cc(Cl)ccc2OC)CC1. The van der Waals surface area contributed by atoms with Crippen LogP contribution >= 0.6 is 11.6 Å². The number of ether oxygens (including phenoxy) is 2. The molecule has 0 saturated carbocycles. The van der Waals surface area contributed by atoms with Gasteiger partial charge in [-0.05, 0) is 31.0 Å². The molecule has 0 spiro atoms. The molecule has 24 heavy (non-hydrogen) atoms. The van der Waals surface area contributed by atoms with Crippen LogP contribution in [-0.2, 0) is 4.74 Å². The average molecular weight is 353 g/mol. The maximum atomic E-state index is 12.7. The predicted molar refractivity (Wildman–Crippen MR) is 91.6 cm³/mol. The second-order valence-electron chi connectivity index (χ2n) is 5.44. The van der Waals surface area contributed by atoms with Gasteiger partial charge in [0, 0.05) is 24.2 Å². The number of alkyl carbamates (subject to hydrolysis) is 1. The summed E-state index contributed by atoms with van der Waals surface area (Å²) in [5, 5.41) is 3.28. The first-order valence-corrected chi connectivity index (χ1v) is 8.10. The Kier molecular flexibility index (Phi) is 6.49. The van der Waals surface area contributed by atoms with Crippen LogP contribution in [0.3, 0.4) is 0 Å². The number of hydrogen-bond donors (Lipinski definition) is 1. The Bertz CT molecular complexity index is 613. The first-order chi connectivity index (χ1) is 11.5. The molecule has 0 unspecified atom stereocenters. The molecule has 1 N–H and O–H groups in total. The van der Waals surface area contributed by atoms with Crippen molar-refractivity contribution in [3.05, 3.63) is 41.4 Å². The Hall–Kier alpha value is -2.21. The molecular formula is C17H21ClN2O4. The molecule has 0 bridgehead atoms. The molecule has 6 nitrogen and oxygen atoms in total. The van der Waals surface area contributed by atoms with E-state index < -0.39 is 6.09 Å². The van der Waals surface area contributed by atoms with Crippen LogP contribution in [0.15, 0.2) is 30.9 Å². The van der Waals surface area contributed by atoms with Crippen molar-refractivity contribution in [2.45, 2.75) is 18.9 Å². The molecule has 1 aromatic carbocycles. The first kappa shape index (κ1) is 18.1. The van der Waals surface area contributed by atoms with E-state index in [1.165, 1.54) is 13.2 Å². The van der Waals surface area contributed by atoms with Crippen LogP contribution in [0.2, 0.25) is 5.02 Å². The molecule has 0 atom stereocenters. The van der Waals surface area contributed by atoms with E-state index in [0.29, 0.717) is 42.3 Å². The lowest BCUT2D eigenvalue weighted by molar-refractivity contribution is 0.0700. The number of carbonyl (C=O) groups excluding carboxylic acids is 2. The fourth-order valence-electron chi connectivity index (χ4n) is 2.59. The van der Waals surface area contributed by atoms with E-state index in [4.69, 9.17) is 21.1 Å². The zero-order chi connectivity index (χ0) is 17.5. The van der Waals surface area contributed by atoms with Crippen molar-refractivity contribution in [3.8, 4) is 5.75 Å². The molecular weight excluding hydrogens is 332 g/mol. The molecule has 2 rings (SSSR count). The average Bonchev–Trinajstić information content (AvgIpc) is 2.60. The van der Waals surface area contributed by atoms with E-state index in [1.807, 2.05) is 0 Å². The summed E-state index contributed by atoms with van der Waals surface area (Å²) in [5.74, 6) is 0.375. The highest BCUT2D eigenvalue weighted by Crippen LogP contribution is 2.25. The predicted octanol–water partition coefficient (Wildman–Crippen LogP) is 2.87. The highest BCUT2D eigenvalue weighted by Gasteiger charge is 2.26. The highest BCUT2D eigenvalue weighted by atomic mass is 35.5. The molecule has 130 valence electrons. The standard InChI is InChI=1S/C17H21ClN2O4/c1-3-10-24-17(22)19-13-6-8-20(9-7-13)16(21)14-11-12(18)4-5-15(14)23-2/h3-5,11,13H,1,6-10H2,2H3,(H,19,22). The van der Waals surface area contributed by atoms with Crippen LogP contribution in [-0.4, -0.2) is 49.7 Å². The third-order valence-corrected chi connectivity index (χ3v) is 4.06. The number of methoxy groups -OCH3 is 1. The molecule has 0 aromatic heterocycles. The Morgan fingerprint density at radius 1 is 1.42 bits per heavy atom. The lowest BCUT2D eigenvalue weighted by Crippen LogP contribution is -2.46. The molecule has 1 aromatic rings. The van der Waals surface area contributed by atoms with Crippen LogP contribution in [0.4, 0.5) is 4.79 Å². The van der Waals surface area contributed by atoms with Gasteiger partial charge < -0.3 is 19.7 Å². The van der Waals surface area contributed by atoms with Crippen LogP contribution < -0.4 is 10.1 Å². The minimum Gasteiger partial charge on any atom is -0.496 e. The smallest absolute Gasteiger partial charge is 0.407 e. The first-order valence-electron chi connectivity index (χ1n) is 7.72. The summed E-state index contributed by atoms with van der Waals surface area (Å²) in [4.78, 5) is 25.9. The van der Waals surface area contributed by atoms with Crippen molar-refractivity contribution in [2.75, 3.05) is 26.8 Å². The second-order valence-corrected chi connectivity index (χ2v) is 5.88. The quantitative estimate of drug-likeness (QED) is 0.827. The molecule has 1 heterocycles. The summed E-state index contributed by atoms with van der Waals surface area (Å²) in [6, 6.07) is 4.97. The lowest BCUT2D eigenvalue weighted by Gasteiger charge is -2.32.